The van der Waals surface area contributed by atoms with Crippen LogP contribution in [0.3, 0.4) is 0 Å². The number of nitrogens with zero attached hydrogens (tertiary/aromatic N) is 4. The Morgan fingerprint density at radius 1 is 0.911 bits per heavy atom. The van der Waals surface area contributed by atoms with Gasteiger partial charge in [-0.3, -0.25) is 29.4 Å². The van der Waals surface area contributed by atoms with Crippen molar-refractivity contribution in [2.24, 2.45) is 0 Å². The highest BCUT2D eigenvalue weighted by molar-refractivity contribution is 6.06. The maximum atomic E-state index is 13.4. The number of alkyl halides is 3. The summed E-state index contributed by atoms with van der Waals surface area (Å²) in [4.78, 5) is 59.3. The predicted molar refractivity (Wildman–Crippen MR) is 204 cm³/mol. The van der Waals surface area contributed by atoms with Crippen LogP contribution in [0, 0.1) is 0 Å². The second kappa shape index (κ2) is 16.3. The van der Waals surface area contributed by atoms with Crippen molar-refractivity contribution in [2.45, 2.75) is 82.5 Å². The summed E-state index contributed by atoms with van der Waals surface area (Å²) >= 11 is 0. The van der Waals surface area contributed by atoms with Gasteiger partial charge in [0, 0.05) is 55.3 Å². The lowest BCUT2D eigenvalue weighted by Gasteiger charge is -2.35. The van der Waals surface area contributed by atoms with Gasteiger partial charge in [-0.1, -0.05) is 18.2 Å². The number of imidazole rings is 1. The molecule has 3 saturated heterocycles. The second-order valence-corrected chi connectivity index (χ2v) is 15.2. The van der Waals surface area contributed by atoms with Crippen LogP contribution in [0.15, 0.2) is 67.0 Å². The minimum atomic E-state index is -4.54. The molecule has 0 saturated carbocycles. The number of benzene rings is 2. The van der Waals surface area contributed by atoms with E-state index in [1.807, 2.05) is 37.1 Å². The second-order valence-electron chi connectivity index (χ2n) is 15.2. The molecule has 296 valence electrons. The molecule has 0 spiro atoms. The highest BCUT2D eigenvalue weighted by atomic mass is 19.4. The fourth-order valence-electron chi connectivity index (χ4n) is 7.75. The van der Waals surface area contributed by atoms with Gasteiger partial charge in [-0.05, 0) is 101 Å². The zero-order valence-electron chi connectivity index (χ0n) is 31.4. The molecule has 1 unspecified atom stereocenters. The maximum absolute atomic E-state index is 13.4. The quantitative estimate of drug-likeness (QED) is 0.162. The average Bonchev–Trinajstić information content (AvgIpc) is 3.59. The molecule has 0 radical (unpaired) electrons. The van der Waals surface area contributed by atoms with Crippen molar-refractivity contribution in [3.8, 4) is 5.75 Å². The summed E-state index contributed by atoms with van der Waals surface area (Å²) in [5.74, 6) is -0.228. The Kier molecular flexibility index (Phi) is 11.3. The van der Waals surface area contributed by atoms with Crippen LogP contribution >= 0.6 is 0 Å². The van der Waals surface area contributed by atoms with E-state index < -0.39 is 23.7 Å². The van der Waals surface area contributed by atoms with E-state index in [0.717, 1.165) is 62.3 Å². The van der Waals surface area contributed by atoms with Crippen molar-refractivity contribution >= 4 is 40.7 Å². The van der Waals surface area contributed by atoms with Crippen LogP contribution in [0.1, 0.15) is 91.4 Å². The molecule has 4 aromatic rings. The third-order valence-electron chi connectivity index (χ3n) is 10.8. The normalized spacial score (nSPS) is 19.0. The molecular weight excluding hydrogens is 727 g/mol. The summed E-state index contributed by atoms with van der Waals surface area (Å²) < 4.78 is 47.5. The van der Waals surface area contributed by atoms with Crippen LogP contribution in [0.5, 0.6) is 5.75 Å². The maximum Gasteiger partial charge on any atom is 0.416 e. The fraction of sp³-hybridized carbons (Fsp3) is 0.439. The lowest BCUT2D eigenvalue weighted by molar-refractivity contribution is -0.137. The van der Waals surface area contributed by atoms with E-state index in [-0.39, 0.29) is 46.7 Å². The van der Waals surface area contributed by atoms with E-state index in [1.54, 1.807) is 16.7 Å². The molecule has 2 aromatic carbocycles. The third-order valence-corrected chi connectivity index (χ3v) is 10.8. The Bertz CT molecular complexity index is 2090. The first-order chi connectivity index (χ1) is 26.8. The lowest BCUT2D eigenvalue weighted by atomic mass is 9.89. The SMILES string of the molecule is CC(C)Oc1cc2nc(C3CCN(CC(=O)N4CCC(c5ccc(NC6CCC(=O)NC6=O)cc5)CC4)CC3)cn2cc1C(=O)Nc1cccc(C(F)(F)F)c1. The molecule has 1 atom stereocenters. The zero-order chi connectivity index (χ0) is 39.6. The van der Waals surface area contributed by atoms with Crippen LogP contribution in [-0.2, 0) is 20.6 Å². The number of nitrogens with one attached hydrogen (secondary N) is 3. The van der Waals surface area contributed by atoms with Crippen molar-refractivity contribution in [3.63, 3.8) is 0 Å². The Balaban J connectivity index is 0.908. The number of imide groups is 1. The number of pyridine rings is 1. The van der Waals surface area contributed by atoms with Crippen molar-refractivity contribution < 1.29 is 37.1 Å². The molecule has 12 nitrogen and oxygen atoms in total. The van der Waals surface area contributed by atoms with E-state index >= 15 is 0 Å². The van der Waals surface area contributed by atoms with Gasteiger partial charge in [0.25, 0.3) is 5.91 Å². The first-order valence-corrected chi connectivity index (χ1v) is 19.2. The molecule has 3 fully saturated rings. The third kappa shape index (κ3) is 9.15. The van der Waals surface area contributed by atoms with Crippen molar-refractivity contribution in [1.82, 2.24) is 24.5 Å². The highest BCUT2D eigenvalue weighted by Crippen LogP contribution is 2.33. The number of anilines is 2. The van der Waals surface area contributed by atoms with Gasteiger partial charge in [-0.15, -0.1) is 0 Å². The first-order valence-electron chi connectivity index (χ1n) is 19.2. The topological polar surface area (TPSA) is 137 Å². The summed E-state index contributed by atoms with van der Waals surface area (Å²) in [5.41, 5.74) is 2.82. The minimum absolute atomic E-state index is 0.0201. The monoisotopic (exact) mass is 773 g/mol. The van der Waals surface area contributed by atoms with E-state index in [9.17, 15) is 32.3 Å². The van der Waals surface area contributed by atoms with Crippen LogP contribution in [0.2, 0.25) is 0 Å². The molecule has 5 heterocycles. The Morgan fingerprint density at radius 3 is 2.30 bits per heavy atom. The number of piperidine rings is 3. The molecule has 2 aromatic heterocycles. The highest BCUT2D eigenvalue weighted by Gasteiger charge is 2.32. The van der Waals surface area contributed by atoms with Gasteiger partial charge in [0.15, 0.2) is 0 Å². The van der Waals surface area contributed by atoms with Crippen LogP contribution in [-0.4, -0.2) is 87.7 Å². The number of halogens is 3. The van der Waals surface area contributed by atoms with Gasteiger partial charge < -0.3 is 24.7 Å². The summed E-state index contributed by atoms with van der Waals surface area (Å²) in [7, 11) is 0. The summed E-state index contributed by atoms with van der Waals surface area (Å²) in [6.45, 7) is 6.88. The molecule has 15 heteroatoms. The molecule has 3 aliphatic rings. The zero-order valence-corrected chi connectivity index (χ0v) is 31.4. The number of fused-ring (bicyclic) bond motifs is 1. The Morgan fingerprint density at radius 2 is 1.62 bits per heavy atom. The van der Waals surface area contributed by atoms with Crippen LogP contribution in [0.4, 0.5) is 24.5 Å². The van der Waals surface area contributed by atoms with Crippen LogP contribution < -0.4 is 20.7 Å². The number of hydrogen-bond acceptors (Lipinski definition) is 8. The number of rotatable bonds is 10. The minimum Gasteiger partial charge on any atom is -0.490 e. The predicted octanol–water partition coefficient (Wildman–Crippen LogP) is 6.20. The number of ether oxygens (including phenoxy) is 1. The van der Waals surface area contributed by atoms with Crippen molar-refractivity contribution in [1.29, 1.82) is 0 Å². The van der Waals surface area contributed by atoms with Gasteiger partial charge in [-0.25, -0.2) is 4.98 Å². The fourth-order valence-corrected chi connectivity index (χ4v) is 7.75. The van der Waals surface area contributed by atoms with Gasteiger partial charge >= 0.3 is 6.18 Å². The molecule has 3 N–H and O–H groups in total. The number of amides is 4. The number of carbonyl (C=O) groups is 4. The summed E-state index contributed by atoms with van der Waals surface area (Å²) in [6, 6.07) is 13.8. The van der Waals surface area contributed by atoms with E-state index in [4.69, 9.17) is 9.72 Å². The van der Waals surface area contributed by atoms with Gasteiger partial charge in [-0.2, -0.15) is 13.2 Å². The largest absolute Gasteiger partial charge is 0.490 e. The molecule has 56 heavy (non-hydrogen) atoms. The van der Waals surface area contributed by atoms with Crippen LogP contribution in [0.25, 0.3) is 5.65 Å². The number of aromatic nitrogens is 2. The smallest absolute Gasteiger partial charge is 0.416 e. The molecule has 0 aliphatic carbocycles. The average molecular weight is 774 g/mol. The van der Waals surface area contributed by atoms with Gasteiger partial charge in [0.2, 0.25) is 17.7 Å². The number of hydrogen-bond donors (Lipinski definition) is 3. The lowest BCUT2D eigenvalue weighted by Crippen LogP contribution is -2.47. The summed E-state index contributed by atoms with van der Waals surface area (Å²) in [5, 5.41) is 8.17. The molecular formula is C41H46F3N7O5. The Labute approximate surface area is 322 Å². The van der Waals surface area contributed by atoms with Gasteiger partial charge in [0.05, 0.1) is 29.5 Å². The van der Waals surface area contributed by atoms with Crippen molar-refractivity contribution in [3.05, 3.63) is 89.4 Å². The molecule has 4 amide bonds. The van der Waals surface area contributed by atoms with Gasteiger partial charge in [0.1, 0.15) is 17.4 Å². The summed E-state index contributed by atoms with van der Waals surface area (Å²) in [6.07, 6.45) is 2.84. The molecule has 3 aliphatic heterocycles. The van der Waals surface area contributed by atoms with Crippen molar-refractivity contribution in [2.75, 3.05) is 43.4 Å². The number of likely N-dealkylation sites (tertiary alicyclic amines) is 2. The number of carbonyl (C=O) groups excluding carboxylic acids is 4. The first kappa shape index (κ1) is 38.8. The standard InChI is InChI=1S/C41H46F3N7O5/c1-25(2)56-35-21-36-47-34(23-51(36)22-32(35)39(54)46-31-5-3-4-29(20-31)41(42,43)44)28-12-16-49(17-13-28)24-38(53)50-18-14-27(15-19-50)26-6-8-30(9-7-26)45-33-10-11-37(52)48-40(33)55/h3-9,20-23,25,27-28,33,45H,10-19,24H2,1-2H3,(H,46,54)(H,48,52,55). The van der Waals surface area contributed by atoms with E-state index in [0.29, 0.717) is 44.0 Å². The van der Waals surface area contributed by atoms with E-state index in [1.165, 1.54) is 17.7 Å². The molecule has 7 rings (SSSR count). The Hall–Kier alpha value is -5.44. The molecule has 0 bridgehead atoms. The van der Waals surface area contributed by atoms with E-state index in [2.05, 4.69) is 33.0 Å².